The van der Waals surface area contributed by atoms with E-state index >= 15 is 0 Å². The van der Waals surface area contributed by atoms with Crippen molar-refractivity contribution in [3.05, 3.63) is 58.7 Å². The smallest absolute Gasteiger partial charge is 0.0516 e. The van der Waals surface area contributed by atoms with Gasteiger partial charge < -0.3 is 11.5 Å². The van der Waals surface area contributed by atoms with Crippen LogP contribution in [0, 0.1) is 13.8 Å². The minimum atomic E-state index is 0.0450. The first-order chi connectivity index (χ1) is 8.49. The molecule has 0 atom stereocenters. The zero-order valence-corrected chi connectivity index (χ0v) is 11.5. The van der Waals surface area contributed by atoms with Gasteiger partial charge in [0.1, 0.15) is 0 Å². The molecule has 0 saturated heterocycles. The first-order valence-corrected chi connectivity index (χ1v) is 6.41. The molecule has 18 heavy (non-hydrogen) atoms. The minimum absolute atomic E-state index is 0.0450. The van der Waals surface area contributed by atoms with E-state index in [1.54, 1.807) is 0 Å². The van der Waals surface area contributed by atoms with E-state index in [-0.39, 0.29) is 5.25 Å². The van der Waals surface area contributed by atoms with Crippen LogP contribution in [0.4, 0.5) is 11.4 Å². The molecule has 2 aromatic rings. The Morgan fingerprint density at radius 3 is 1.56 bits per heavy atom. The third kappa shape index (κ3) is 2.46. The van der Waals surface area contributed by atoms with Crippen molar-refractivity contribution in [3.8, 4) is 0 Å². The van der Waals surface area contributed by atoms with Crippen LogP contribution in [0.15, 0.2) is 36.4 Å². The largest absolute Gasteiger partial charge is 0.399 e. The number of rotatable bonds is 2. The van der Waals surface area contributed by atoms with Crippen LogP contribution in [0.5, 0.6) is 0 Å². The lowest BCUT2D eigenvalue weighted by molar-refractivity contribution is 1.15. The molecule has 0 amide bonds. The highest BCUT2D eigenvalue weighted by atomic mass is 32.1. The van der Waals surface area contributed by atoms with E-state index in [1.807, 2.05) is 38.1 Å². The van der Waals surface area contributed by atoms with Gasteiger partial charge in [-0.3, -0.25) is 0 Å². The second-order valence-corrected chi connectivity index (χ2v) is 5.15. The third-order valence-corrected chi connectivity index (χ3v) is 3.82. The Hall–Kier alpha value is -1.61. The van der Waals surface area contributed by atoms with Crippen molar-refractivity contribution in [2.75, 3.05) is 11.5 Å². The summed E-state index contributed by atoms with van der Waals surface area (Å²) >= 11 is 4.69. The summed E-state index contributed by atoms with van der Waals surface area (Å²) in [7, 11) is 0. The second-order valence-electron chi connectivity index (χ2n) is 4.63. The Kier molecular flexibility index (Phi) is 3.53. The second kappa shape index (κ2) is 4.94. The lowest BCUT2D eigenvalue weighted by Gasteiger charge is -2.14. The standard InChI is InChI=1S/C15H18N2S/c1-9-7-11(3-5-13(9)16)15(18)12-4-6-14(17)10(2)8-12/h3-8,15,18H,16-17H2,1-2H3. The monoisotopic (exact) mass is 258 g/mol. The molecule has 0 aliphatic heterocycles. The van der Waals surface area contributed by atoms with Crippen molar-refractivity contribution in [2.45, 2.75) is 19.1 Å². The van der Waals surface area contributed by atoms with Crippen molar-refractivity contribution >= 4 is 24.0 Å². The minimum Gasteiger partial charge on any atom is -0.399 e. The number of hydrogen-bond acceptors (Lipinski definition) is 3. The maximum atomic E-state index is 5.83. The van der Waals surface area contributed by atoms with Crippen molar-refractivity contribution < 1.29 is 0 Å². The fourth-order valence-electron chi connectivity index (χ4n) is 1.93. The van der Waals surface area contributed by atoms with E-state index in [0.29, 0.717) is 0 Å². The fourth-order valence-corrected chi connectivity index (χ4v) is 2.25. The Bertz CT molecular complexity index is 527. The maximum absolute atomic E-state index is 5.83. The van der Waals surface area contributed by atoms with Gasteiger partial charge in [-0.1, -0.05) is 24.3 Å². The molecule has 94 valence electrons. The molecule has 0 heterocycles. The van der Waals surface area contributed by atoms with Gasteiger partial charge in [-0.05, 0) is 48.2 Å². The van der Waals surface area contributed by atoms with E-state index in [4.69, 9.17) is 24.1 Å². The van der Waals surface area contributed by atoms with Crippen LogP contribution in [0.2, 0.25) is 0 Å². The molecule has 0 aliphatic carbocycles. The number of aryl methyl sites for hydroxylation is 2. The lowest BCUT2D eigenvalue weighted by atomic mass is 10.00. The Morgan fingerprint density at radius 1 is 0.833 bits per heavy atom. The highest BCUT2D eigenvalue weighted by molar-refractivity contribution is 7.80. The molecule has 0 spiro atoms. The summed E-state index contributed by atoms with van der Waals surface area (Å²) in [4.78, 5) is 0. The number of nitrogens with two attached hydrogens (primary N) is 2. The molecule has 2 rings (SSSR count). The fraction of sp³-hybridized carbons (Fsp3) is 0.200. The predicted molar refractivity (Wildman–Crippen MR) is 82.0 cm³/mol. The molecule has 0 aromatic heterocycles. The van der Waals surface area contributed by atoms with Gasteiger partial charge >= 0.3 is 0 Å². The summed E-state index contributed by atoms with van der Waals surface area (Å²) in [5, 5.41) is 0.0450. The average molecular weight is 258 g/mol. The van der Waals surface area contributed by atoms with Crippen LogP contribution in [0.1, 0.15) is 27.5 Å². The van der Waals surface area contributed by atoms with E-state index in [1.165, 1.54) is 0 Å². The molecular formula is C15H18N2S. The average Bonchev–Trinajstić information content (AvgIpc) is 2.35. The van der Waals surface area contributed by atoms with Crippen molar-refractivity contribution in [3.63, 3.8) is 0 Å². The topological polar surface area (TPSA) is 52.0 Å². The zero-order valence-electron chi connectivity index (χ0n) is 10.6. The van der Waals surface area contributed by atoms with Crippen molar-refractivity contribution in [1.82, 2.24) is 0 Å². The molecular weight excluding hydrogens is 240 g/mol. The number of nitrogen functional groups attached to an aromatic ring is 2. The van der Waals surface area contributed by atoms with Crippen molar-refractivity contribution in [1.29, 1.82) is 0 Å². The van der Waals surface area contributed by atoms with E-state index in [2.05, 4.69) is 12.1 Å². The summed E-state index contributed by atoms with van der Waals surface area (Å²) < 4.78 is 0. The quantitative estimate of drug-likeness (QED) is 0.570. The number of hydrogen-bond donors (Lipinski definition) is 3. The van der Waals surface area contributed by atoms with Crippen LogP contribution >= 0.6 is 12.6 Å². The van der Waals surface area contributed by atoms with Gasteiger partial charge in [0, 0.05) is 11.4 Å². The Morgan fingerprint density at radius 2 is 1.22 bits per heavy atom. The van der Waals surface area contributed by atoms with Gasteiger partial charge in [-0.25, -0.2) is 0 Å². The molecule has 3 heteroatoms. The van der Waals surface area contributed by atoms with Gasteiger partial charge in [-0.15, -0.1) is 0 Å². The summed E-state index contributed by atoms with van der Waals surface area (Å²) in [5.74, 6) is 0. The molecule has 0 saturated carbocycles. The molecule has 0 aliphatic rings. The van der Waals surface area contributed by atoms with Gasteiger partial charge in [-0.2, -0.15) is 12.6 Å². The maximum Gasteiger partial charge on any atom is 0.0516 e. The summed E-state index contributed by atoms with van der Waals surface area (Å²) in [6, 6.07) is 12.1. The van der Waals surface area contributed by atoms with Crippen LogP contribution in [0.3, 0.4) is 0 Å². The zero-order chi connectivity index (χ0) is 13.3. The highest BCUT2D eigenvalue weighted by Gasteiger charge is 2.11. The van der Waals surface area contributed by atoms with Gasteiger partial charge in [0.05, 0.1) is 5.25 Å². The van der Waals surface area contributed by atoms with Crippen LogP contribution in [-0.4, -0.2) is 0 Å². The SMILES string of the molecule is Cc1cc(C(S)c2ccc(N)c(C)c2)ccc1N. The van der Waals surface area contributed by atoms with E-state index in [9.17, 15) is 0 Å². The first-order valence-electron chi connectivity index (χ1n) is 5.89. The molecule has 0 unspecified atom stereocenters. The lowest BCUT2D eigenvalue weighted by Crippen LogP contribution is -1.98. The third-order valence-electron chi connectivity index (χ3n) is 3.22. The van der Waals surface area contributed by atoms with Gasteiger partial charge in [0.25, 0.3) is 0 Å². The summed E-state index contributed by atoms with van der Waals surface area (Å²) in [6.07, 6.45) is 0. The predicted octanol–water partition coefficient (Wildman–Crippen LogP) is 3.49. The van der Waals surface area contributed by atoms with E-state index < -0.39 is 0 Å². The van der Waals surface area contributed by atoms with Crippen LogP contribution in [0.25, 0.3) is 0 Å². The molecule has 2 aromatic carbocycles. The summed E-state index contributed by atoms with van der Waals surface area (Å²) in [5.41, 5.74) is 17.7. The molecule has 0 bridgehead atoms. The Labute approximate surface area is 113 Å². The first kappa shape index (κ1) is 12.8. The molecule has 0 fully saturated rings. The molecule has 0 radical (unpaired) electrons. The molecule has 4 N–H and O–H groups in total. The number of thiol groups is 1. The number of anilines is 2. The summed E-state index contributed by atoms with van der Waals surface area (Å²) in [6.45, 7) is 4.02. The van der Waals surface area contributed by atoms with Crippen molar-refractivity contribution in [2.24, 2.45) is 0 Å². The van der Waals surface area contributed by atoms with Gasteiger partial charge in [0.2, 0.25) is 0 Å². The highest BCUT2D eigenvalue weighted by Crippen LogP contribution is 2.31. The van der Waals surface area contributed by atoms with Crippen LogP contribution in [-0.2, 0) is 0 Å². The van der Waals surface area contributed by atoms with Crippen LogP contribution < -0.4 is 11.5 Å². The molecule has 2 nitrogen and oxygen atoms in total. The van der Waals surface area contributed by atoms with Gasteiger partial charge in [0.15, 0.2) is 0 Å². The van der Waals surface area contributed by atoms with E-state index in [0.717, 1.165) is 33.6 Å². The normalized spacial score (nSPS) is 10.9. The Balaban J connectivity index is 2.37. The number of benzene rings is 2.